The maximum Gasteiger partial charge on any atom is 0.305 e. The summed E-state index contributed by atoms with van der Waals surface area (Å²) in [6, 6.07) is 5.76. The predicted octanol–water partition coefficient (Wildman–Crippen LogP) is -4.37. The molecule has 388 valence electrons. The number of nitrogens with two attached hydrogens (primary N) is 5. The maximum atomic E-state index is 14.3. The second-order valence-corrected chi connectivity index (χ2v) is 17.5. The lowest BCUT2D eigenvalue weighted by atomic mass is 9.99. The number of aliphatic hydroxyl groups excluding tert-OH is 1. The number of carboxylic acid groups (broad SMARTS) is 1. The molecule has 3 rings (SSSR count). The van der Waals surface area contributed by atoms with Gasteiger partial charge >= 0.3 is 5.97 Å². The molecule has 0 bridgehead atoms. The Kier molecular flexibility index (Phi) is 23.3. The van der Waals surface area contributed by atoms with E-state index in [-0.39, 0.29) is 69.9 Å². The summed E-state index contributed by atoms with van der Waals surface area (Å²) in [7, 11) is 0. The summed E-state index contributed by atoms with van der Waals surface area (Å²) in [4.78, 5) is 138. The Morgan fingerprint density at radius 3 is 1.70 bits per heavy atom. The Bertz CT molecular complexity index is 2210. The van der Waals surface area contributed by atoms with Crippen molar-refractivity contribution in [2.75, 3.05) is 19.7 Å². The highest BCUT2D eigenvalue weighted by atomic mass is 16.4. The first-order chi connectivity index (χ1) is 33.6. The van der Waals surface area contributed by atoms with E-state index in [4.69, 9.17) is 28.7 Å². The number of carboxylic acids is 1. The molecule has 1 heterocycles. The summed E-state index contributed by atoms with van der Waals surface area (Å²) in [5.74, 6) is -10.2. The summed E-state index contributed by atoms with van der Waals surface area (Å²) in [5.41, 5.74) is 28.9. The van der Waals surface area contributed by atoms with E-state index in [9.17, 15) is 58.2 Å². The fourth-order valence-electron chi connectivity index (χ4n) is 7.61. The molecule has 0 aromatic heterocycles. The molecule has 0 spiro atoms. The first-order valence-corrected chi connectivity index (χ1v) is 23.0. The van der Waals surface area contributed by atoms with Crippen LogP contribution in [0.2, 0.25) is 0 Å². The number of aliphatic imine (C=N–C) groups is 1. The molecular formula is C46H67N13O12. The fraction of sp³-hybridized carbons (Fsp3) is 0.500. The molecule has 2 aromatic carbocycles. The molecule has 25 nitrogen and oxygen atoms in total. The molecule has 0 radical (unpaired) electrons. The average molecular weight is 994 g/mol. The van der Waals surface area contributed by atoms with E-state index in [2.05, 4.69) is 36.9 Å². The number of nitrogens with zero attached hydrogens (tertiary/aromatic N) is 2. The van der Waals surface area contributed by atoms with Gasteiger partial charge < -0.3 is 75.7 Å². The number of hydrogen-bond acceptors (Lipinski definition) is 13. The van der Waals surface area contributed by atoms with E-state index in [1.165, 1.54) is 0 Å². The van der Waals surface area contributed by atoms with Crippen molar-refractivity contribution in [1.29, 1.82) is 0 Å². The SMILES string of the molecule is CC(C)CC(NC(=O)C(Cc1ccccc1)NC(=O)C(CC(N)=O)NC(=O)C1CCCN1C(=O)C(CC(=O)O)NC(=O)C(N)CO)C(=O)NC(CCCN=C(N)N)C(=O)NC(Cc1ccccc1)C(N)=O. The molecular weight excluding hydrogens is 927 g/mol. The van der Waals surface area contributed by atoms with E-state index in [1.54, 1.807) is 74.5 Å². The smallest absolute Gasteiger partial charge is 0.305 e. The first-order valence-electron chi connectivity index (χ1n) is 23.0. The van der Waals surface area contributed by atoms with Gasteiger partial charge in [0.05, 0.1) is 19.4 Å². The molecule has 8 unspecified atom stereocenters. The van der Waals surface area contributed by atoms with Gasteiger partial charge in [0.2, 0.25) is 53.2 Å². The maximum absolute atomic E-state index is 14.3. The minimum Gasteiger partial charge on any atom is -0.481 e. The Labute approximate surface area is 410 Å². The second-order valence-electron chi connectivity index (χ2n) is 17.5. The Hall–Kier alpha value is -7.67. The van der Waals surface area contributed by atoms with Crippen molar-refractivity contribution < 1.29 is 58.2 Å². The third-order valence-electron chi connectivity index (χ3n) is 11.2. The number of guanidine groups is 1. The minimum absolute atomic E-state index is 0.0151. The quantitative estimate of drug-likeness (QED) is 0.0208. The summed E-state index contributed by atoms with van der Waals surface area (Å²) in [5, 5.41) is 33.9. The summed E-state index contributed by atoms with van der Waals surface area (Å²) in [6.45, 7) is 2.78. The van der Waals surface area contributed by atoms with Crippen molar-refractivity contribution in [2.24, 2.45) is 39.6 Å². The van der Waals surface area contributed by atoms with Crippen molar-refractivity contribution in [3.63, 3.8) is 0 Å². The van der Waals surface area contributed by atoms with Crippen molar-refractivity contribution >= 4 is 65.1 Å². The van der Waals surface area contributed by atoms with Crippen molar-refractivity contribution in [3.05, 3.63) is 71.8 Å². The monoisotopic (exact) mass is 994 g/mol. The van der Waals surface area contributed by atoms with Gasteiger partial charge in [-0.25, -0.2) is 0 Å². The molecule has 1 aliphatic rings. The van der Waals surface area contributed by atoms with Gasteiger partial charge in [-0.1, -0.05) is 74.5 Å². The van der Waals surface area contributed by atoms with E-state index in [0.717, 1.165) is 4.90 Å². The van der Waals surface area contributed by atoms with Crippen LogP contribution >= 0.6 is 0 Å². The molecule has 0 aliphatic carbocycles. The van der Waals surface area contributed by atoms with Crippen LogP contribution in [-0.4, -0.2) is 148 Å². The second kappa shape index (κ2) is 28.7. The van der Waals surface area contributed by atoms with Gasteiger partial charge in [0.1, 0.15) is 48.3 Å². The normalized spacial score (nSPS) is 16.1. The number of benzene rings is 2. The molecule has 0 saturated carbocycles. The third-order valence-corrected chi connectivity index (χ3v) is 11.2. The topological polar surface area (TPSA) is 429 Å². The lowest BCUT2D eigenvalue weighted by molar-refractivity contribution is -0.146. The minimum atomic E-state index is -1.72. The van der Waals surface area contributed by atoms with E-state index in [1.807, 2.05) is 0 Å². The molecule has 2 aromatic rings. The number of nitrogens with one attached hydrogen (secondary N) is 6. The number of carbonyl (C=O) groups excluding carboxylic acids is 9. The highest BCUT2D eigenvalue weighted by Crippen LogP contribution is 2.20. The zero-order valence-corrected chi connectivity index (χ0v) is 39.7. The Morgan fingerprint density at radius 2 is 1.17 bits per heavy atom. The van der Waals surface area contributed by atoms with Gasteiger partial charge in [0.25, 0.3) is 0 Å². The molecule has 9 amide bonds. The Morgan fingerprint density at radius 1 is 0.662 bits per heavy atom. The molecule has 1 saturated heterocycles. The lowest BCUT2D eigenvalue weighted by Crippen LogP contribution is -2.61. The van der Waals surface area contributed by atoms with Crippen LogP contribution < -0.4 is 60.6 Å². The Balaban J connectivity index is 1.89. The standard InChI is InChI=1S/C46H67N13O12/c1-25(2)19-31(41(67)53-29(15-9-17-52-46(50)51)40(66)54-30(38(49)64)20-26-11-5-3-6-12-26)55-42(68)32(21-27-13-7-4-8-14-27)56-43(69)33(22-36(48)61)57-44(70)35-16-10-18-59(35)45(71)34(23-37(62)63)58-39(65)28(47)24-60/h3-8,11-14,25,28-35,60H,9-10,15-24,47H2,1-2H3,(H2,48,61)(H2,49,64)(H,53,67)(H,54,66)(H,55,68)(H,56,69)(H,57,70)(H,58,65)(H,62,63)(H4,50,51,52). The zero-order chi connectivity index (χ0) is 52.8. The zero-order valence-electron chi connectivity index (χ0n) is 39.7. The molecule has 1 aliphatic heterocycles. The van der Waals surface area contributed by atoms with Gasteiger partial charge in [-0.2, -0.15) is 0 Å². The van der Waals surface area contributed by atoms with Crippen LogP contribution in [0.15, 0.2) is 65.7 Å². The molecule has 8 atom stereocenters. The van der Waals surface area contributed by atoms with Crippen LogP contribution in [0.5, 0.6) is 0 Å². The van der Waals surface area contributed by atoms with E-state index < -0.39 is 127 Å². The number of hydrogen-bond donors (Lipinski definition) is 13. The van der Waals surface area contributed by atoms with Crippen molar-refractivity contribution in [3.8, 4) is 0 Å². The van der Waals surface area contributed by atoms with Gasteiger partial charge in [-0.05, 0) is 49.1 Å². The van der Waals surface area contributed by atoms with Crippen LogP contribution in [0.25, 0.3) is 0 Å². The number of aliphatic carboxylic acids is 1. The summed E-state index contributed by atoms with van der Waals surface area (Å²) >= 11 is 0. The molecule has 25 heteroatoms. The highest BCUT2D eigenvalue weighted by molar-refractivity contribution is 5.99. The molecule has 1 fully saturated rings. The van der Waals surface area contributed by atoms with Gasteiger partial charge in [-0.3, -0.25) is 52.9 Å². The lowest BCUT2D eigenvalue weighted by Gasteiger charge is -2.30. The van der Waals surface area contributed by atoms with E-state index >= 15 is 0 Å². The molecule has 71 heavy (non-hydrogen) atoms. The average Bonchev–Trinajstić information content (AvgIpc) is 3.81. The van der Waals surface area contributed by atoms with Crippen molar-refractivity contribution in [1.82, 2.24) is 36.8 Å². The van der Waals surface area contributed by atoms with Crippen LogP contribution in [0.3, 0.4) is 0 Å². The van der Waals surface area contributed by atoms with Crippen molar-refractivity contribution in [2.45, 2.75) is 120 Å². The van der Waals surface area contributed by atoms with E-state index in [0.29, 0.717) is 11.1 Å². The third kappa shape index (κ3) is 19.7. The largest absolute Gasteiger partial charge is 0.481 e. The van der Waals surface area contributed by atoms with Crippen LogP contribution in [0.4, 0.5) is 0 Å². The van der Waals surface area contributed by atoms with Crippen LogP contribution in [-0.2, 0) is 60.8 Å². The highest BCUT2D eigenvalue weighted by Gasteiger charge is 2.41. The van der Waals surface area contributed by atoms with Gasteiger partial charge in [-0.15, -0.1) is 0 Å². The summed E-state index contributed by atoms with van der Waals surface area (Å²) < 4.78 is 0. The summed E-state index contributed by atoms with van der Waals surface area (Å²) in [6.07, 6.45) is -1.29. The number of aliphatic hydroxyl groups is 1. The van der Waals surface area contributed by atoms with Gasteiger partial charge in [0.15, 0.2) is 5.96 Å². The number of primary amides is 2. The van der Waals surface area contributed by atoms with Crippen LogP contribution in [0, 0.1) is 5.92 Å². The first kappa shape index (κ1) is 57.6. The number of likely N-dealkylation sites (tertiary alicyclic amines) is 1. The van der Waals surface area contributed by atoms with Gasteiger partial charge in [0, 0.05) is 25.9 Å². The number of carbonyl (C=O) groups is 10. The number of amides is 9. The predicted molar refractivity (Wildman–Crippen MR) is 256 cm³/mol. The molecule has 18 N–H and O–H groups in total. The number of rotatable bonds is 29. The fourth-order valence-corrected chi connectivity index (χ4v) is 7.61. The van der Waals surface area contributed by atoms with Crippen LogP contribution in [0.1, 0.15) is 69.9 Å².